The van der Waals surface area contributed by atoms with Gasteiger partial charge < -0.3 is 9.73 Å². The van der Waals surface area contributed by atoms with Crippen LogP contribution in [0, 0.1) is 0 Å². The maximum Gasteiger partial charge on any atom is 0.103 e. The lowest BCUT2D eigenvalue weighted by Gasteiger charge is -2.11. The van der Waals surface area contributed by atoms with E-state index in [0.717, 1.165) is 31.6 Å². The number of hydrogen-bond donors (Lipinski definition) is 1. The molecular weight excluding hydrogens is 174 g/mol. The van der Waals surface area contributed by atoms with Crippen LogP contribution in [0.3, 0.4) is 0 Å². The molecule has 0 aliphatic heterocycles. The van der Waals surface area contributed by atoms with Gasteiger partial charge in [0.1, 0.15) is 5.76 Å². The van der Waals surface area contributed by atoms with E-state index in [2.05, 4.69) is 18.8 Å². The predicted octanol–water partition coefficient (Wildman–Crippen LogP) is 2.77. The van der Waals surface area contributed by atoms with Crippen LogP contribution in [0.4, 0.5) is 0 Å². The summed E-state index contributed by atoms with van der Waals surface area (Å²) < 4.78 is 5.27. The number of nitrogens with one attached hydrogen (secondary N) is 1. The van der Waals surface area contributed by atoms with Crippen LogP contribution in [0.2, 0.25) is 0 Å². The zero-order valence-corrected chi connectivity index (χ0v) is 8.83. The molecule has 78 valence electrons. The van der Waals surface area contributed by atoms with E-state index in [-0.39, 0.29) is 0 Å². The summed E-state index contributed by atoms with van der Waals surface area (Å²) in [4.78, 5) is 0. The Morgan fingerprint density at radius 2 is 2.50 bits per heavy atom. The summed E-state index contributed by atoms with van der Waals surface area (Å²) in [6.45, 7) is 6.91. The lowest BCUT2D eigenvalue weighted by molar-refractivity contribution is 0.462. The maximum atomic E-state index is 5.27. The van der Waals surface area contributed by atoms with Crippen molar-refractivity contribution in [2.75, 3.05) is 6.54 Å². The van der Waals surface area contributed by atoms with Gasteiger partial charge in [-0.1, -0.05) is 6.08 Å². The fourth-order valence-corrected chi connectivity index (χ4v) is 1.35. The molecule has 0 saturated carbocycles. The third-order valence-corrected chi connectivity index (χ3v) is 2.25. The second-order valence-electron chi connectivity index (χ2n) is 3.55. The minimum Gasteiger partial charge on any atom is -0.469 e. The SMILES string of the molecule is C=CCCNC(C)CCc1ccco1. The van der Waals surface area contributed by atoms with Gasteiger partial charge in [0.15, 0.2) is 0 Å². The molecule has 0 bridgehead atoms. The molecular formula is C12H19NO. The first kappa shape index (κ1) is 11.1. The van der Waals surface area contributed by atoms with Crippen molar-refractivity contribution in [3.05, 3.63) is 36.8 Å². The number of aryl methyl sites for hydroxylation is 1. The van der Waals surface area contributed by atoms with Crippen LogP contribution in [0.15, 0.2) is 35.5 Å². The molecule has 14 heavy (non-hydrogen) atoms. The van der Waals surface area contributed by atoms with Gasteiger partial charge in [0.2, 0.25) is 0 Å². The summed E-state index contributed by atoms with van der Waals surface area (Å²) in [6, 6.07) is 4.50. The molecule has 2 nitrogen and oxygen atoms in total. The highest BCUT2D eigenvalue weighted by Crippen LogP contribution is 2.05. The molecule has 0 aromatic carbocycles. The van der Waals surface area contributed by atoms with Crippen molar-refractivity contribution in [3.63, 3.8) is 0 Å². The van der Waals surface area contributed by atoms with E-state index in [0.29, 0.717) is 6.04 Å². The Balaban J connectivity index is 2.08. The van der Waals surface area contributed by atoms with Gasteiger partial charge in [-0.2, -0.15) is 0 Å². The fraction of sp³-hybridized carbons (Fsp3) is 0.500. The predicted molar refractivity (Wildman–Crippen MR) is 59.3 cm³/mol. The third-order valence-electron chi connectivity index (χ3n) is 2.25. The standard InChI is InChI=1S/C12H19NO/c1-3-4-9-13-11(2)7-8-12-6-5-10-14-12/h3,5-6,10-11,13H,1,4,7-9H2,2H3. The van der Waals surface area contributed by atoms with Gasteiger partial charge in [-0.25, -0.2) is 0 Å². The molecule has 1 heterocycles. The average Bonchev–Trinajstić information content (AvgIpc) is 2.68. The summed E-state index contributed by atoms with van der Waals surface area (Å²) >= 11 is 0. The molecule has 1 rings (SSSR count). The van der Waals surface area contributed by atoms with Crippen LogP contribution >= 0.6 is 0 Å². The zero-order chi connectivity index (χ0) is 10.2. The molecule has 0 fully saturated rings. The van der Waals surface area contributed by atoms with Crippen molar-refractivity contribution in [3.8, 4) is 0 Å². The molecule has 1 unspecified atom stereocenters. The Bertz CT molecular complexity index is 241. The Labute approximate surface area is 86.0 Å². The molecule has 2 heteroatoms. The van der Waals surface area contributed by atoms with Crippen molar-refractivity contribution in [2.24, 2.45) is 0 Å². The molecule has 0 radical (unpaired) electrons. The van der Waals surface area contributed by atoms with Crippen molar-refractivity contribution < 1.29 is 4.42 Å². The molecule has 0 spiro atoms. The third kappa shape index (κ3) is 4.28. The normalized spacial score (nSPS) is 12.6. The Kier molecular flexibility index (Phi) is 5.08. The Morgan fingerprint density at radius 1 is 1.64 bits per heavy atom. The Hall–Kier alpha value is -1.02. The van der Waals surface area contributed by atoms with E-state index in [1.54, 1.807) is 6.26 Å². The molecule has 0 aliphatic carbocycles. The second kappa shape index (κ2) is 6.44. The van der Waals surface area contributed by atoms with Gasteiger partial charge in [-0.05, 0) is 38.4 Å². The first-order valence-corrected chi connectivity index (χ1v) is 5.19. The smallest absolute Gasteiger partial charge is 0.103 e. The van der Waals surface area contributed by atoms with Gasteiger partial charge in [-0.15, -0.1) is 6.58 Å². The van der Waals surface area contributed by atoms with Crippen LogP contribution in [0.25, 0.3) is 0 Å². The number of rotatable bonds is 7. The first-order chi connectivity index (χ1) is 6.83. The van der Waals surface area contributed by atoms with Gasteiger partial charge in [0, 0.05) is 12.5 Å². The summed E-state index contributed by atoms with van der Waals surface area (Å²) in [7, 11) is 0. The maximum absolute atomic E-state index is 5.27. The summed E-state index contributed by atoms with van der Waals surface area (Å²) in [6.07, 6.45) is 6.82. The summed E-state index contributed by atoms with van der Waals surface area (Å²) in [5, 5.41) is 3.43. The molecule has 1 aromatic heterocycles. The van der Waals surface area contributed by atoms with E-state index in [1.807, 2.05) is 18.2 Å². The lowest BCUT2D eigenvalue weighted by Crippen LogP contribution is -2.27. The quantitative estimate of drug-likeness (QED) is 0.532. The van der Waals surface area contributed by atoms with Crippen LogP contribution < -0.4 is 5.32 Å². The average molecular weight is 193 g/mol. The molecule has 1 aromatic rings. The highest BCUT2D eigenvalue weighted by atomic mass is 16.3. The highest BCUT2D eigenvalue weighted by Gasteiger charge is 2.02. The van der Waals surface area contributed by atoms with Crippen molar-refractivity contribution in [1.29, 1.82) is 0 Å². The van der Waals surface area contributed by atoms with Gasteiger partial charge in [-0.3, -0.25) is 0 Å². The van der Waals surface area contributed by atoms with E-state index < -0.39 is 0 Å². The van der Waals surface area contributed by atoms with Crippen LogP contribution in [0.1, 0.15) is 25.5 Å². The zero-order valence-electron chi connectivity index (χ0n) is 8.83. The second-order valence-corrected chi connectivity index (χ2v) is 3.55. The monoisotopic (exact) mass is 193 g/mol. The summed E-state index contributed by atoms with van der Waals surface area (Å²) in [5.74, 6) is 1.07. The van der Waals surface area contributed by atoms with Crippen LogP contribution in [0.5, 0.6) is 0 Å². The minimum absolute atomic E-state index is 0.542. The van der Waals surface area contributed by atoms with E-state index in [4.69, 9.17) is 4.42 Å². The van der Waals surface area contributed by atoms with Crippen molar-refractivity contribution in [1.82, 2.24) is 5.32 Å². The number of hydrogen-bond acceptors (Lipinski definition) is 2. The highest BCUT2D eigenvalue weighted by molar-refractivity contribution is 4.98. The van der Waals surface area contributed by atoms with E-state index in [9.17, 15) is 0 Å². The topological polar surface area (TPSA) is 25.2 Å². The van der Waals surface area contributed by atoms with Gasteiger partial charge >= 0.3 is 0 Å². The van der Waals surface area contributed by atoms with E-state index in [1.165, 1.54) is 0 Å². The lowest BCUT2D eigenvalue weighted by atomic mass is 10.1. The first-order valence-electron chi connectivity index (χ1n) is 5.19. The van der Waals surface area contributed by atoms with Gasteiger partial charge in [0.05, 0.1) is 6.26 Å². The summed E-state index contributed by atoms with van der Waals surface area (Å²) in [5.41, 5.74) is 0. The van der Waals surface area contributed by atoms with Gasteiger partial charge in [0.25, 0.3) is 0 Å². The fourth-order valence-electron chi connectivity index (χ4n) is 1.35. The molecule has 0 saturated heterocycles. The minimum atomic E-state index is 0.542. The van der Waals surface area contributed by atoms with Crippen molar-refractivity contribution >= 4 is 0 Å². The molecule has 1 N–H and O–H groups in total. The van der Waals surface area contributed by atoms with Crippen LogP contribution in [-0.2, 0) is 6.42 Å². The largest absolute Gasteiger partial charge is 0.469 e. The molecule has 1 atom stereocenters. The molecule has 0 aliphatic rings. The molecule has 0 amide bonds. The Morgan fingerprint density at radius 3 is 3.14 bits per heavy atom. The van der Waals surface area contributed by atoms with Crippen LogP contribution in [-0.4, -0.2) is 12.6 Å². The van der Waals surface area contributed by atoms with Crippen molar-refractivity contribution in [2.45, 2.75) is 32.2 Å². The van der Waals surface area contributed by atoms with E-state index >= 15 is 0 Å². The number of furan rings is 1.